The number of nitrogens with one attached hydrogen (secondary N) is 2. The predicted octanol–water partition coefficient (Wildman–Crippen LogP) is 1.77. The molecule has 1 aromatic rings. The number of hydrogen-bond acceptors (Lipinski definition) is 5. The third-order valence-electron chi connectivity index (χ3n) is 4.89. The maximum Gasteiger partial charge on any atom is 0.326 e. The van der Waals surface area contributed by atoms with Gasteiger partial charge in [0.15, 0.2) is 0 Å². The Morgan fingerprint density at radius 3 is 2.30 bits per heavy atom. The first kappa shape index (κ1) is 20.8. The van der Waals surface area contributed by atoms with Gasteiger partial charge in [-0.05, 0) is 24.2 Å². The van der Waals surface area contributed by atoms with Crippen LogP contribution in [0.25, 0.3) is 0 Å². The molecule has 148 valence electrons. The van der Waals surface area contributed by atoms with Crippen molar-refractivity contribution in [1.82, 2.24) is 20.6 Å². The van der Waals surface area contributed by atoms with E-state index in [1.165, 1.54) is 18.6 Å². The van der Waals surface area contributed by atoms with Crippen LogP contribution in [0.15, 0.2) is 18.6 Å². The standard InChI is InChI=1S/C19H28N4O4/c1-19(2,3)15(18(26)27)23-17(25)14(12-7-5-4-6-8-12)22-16(24)13-11-20-9-10-21-13/h9-12,14-15H,4-8H2,1-3H3,(H,22,24)(H,23,25)(H,26,27)/t14-,15-/m1/s1. The van der Waals surface area contributed by atoms with E-state index in [0.29, 0.717) is 0 Å². The first-order chi connectivity index (χ1) is 12.7. The molecule has 1 aliphatic carbocycles. The van der Waals surface area contributed by atoms with E-state index in [1.54, 1.807) is 20.8 Å². The van der Waals surface area contributed by atoms with Crippen molar-refractivity contribution in [3.8, 4) is 0 Å². The first-order valence-corrected chi connectivity index (χ1v) is 9.30. The molecule has 0 spiro atoms. The largest absolute Gasteiger partial charge is 0.480 e. The maximum absolute atomic E-state index is 12.9. The molecule has 0 bridgehead atoms. The first-order valence-electron chi connectivity index (χ1n) is 9.30. The molecule has 2 amide bonds. The molecule has 2 atom stereocenters. The van der Waals surface area contributed by atoms with Crippen molar-refractivity contribution in [2.75, 3.05) is 0 Å². The van der Waals surface area contributed by atoms with Crippen molar-refractivity contribution >= 4 is 17.8 Å². The van der Waals surface area contributed by atoms with E-state index in [2.05, 4.69) is 20.6 Å². The maximum atomic E-state index is 12.9. The lowest BCUT2D eigenvalue weighted by Crippen LogP contribution is -2.57. The molecule has 3 N–H and O–H groups in total. The fraction of sp³-hybridized carbons (Fsp3) is 0.632. The molecule has 1 fully saturated rings. The minimum absolute atomic E-state index is 0.0335. The van der Waals surface area contributed by atoms with Gasteiger partial charge in [-0.3, -0.25) is 14.6 Å². The fourth-order valence-corrected chi connectivity index (χ4v) is 3.38. The molecule has 0 saturated heterocycles. The topological polar surface area (TPSA) is 121 Å². The summed E-state index contributed by atoms with van der Waals surface area (Å²) >= 11 is 0. The van der Waals surface area contributed by atoms with Crippen LogP contribution in [0.4, 0.5) is 0 Å². The second-order valence-corrected chi connectivity index (χ2v) is 8.09. The van der Waals surface area contributed by atoms with Gasteiger partial charge < -0.3 is 15.7 Å². The summed E-state index contributed by atoms with van der Waals surface area (Å²) in [5.41, 5.74) is -0.537. The molecular weight excluding hydrogens is 348 g/mol. The van der Waals surface area contributed by atoms with E-state index in [9.17, 15) is 19.5 Å². The molecule has 8 heteroatoms. The van der Waals surface area contributed by atoms with Crippen molar-refractivity contribution in [1.29, 1.82) is 0 Å². The Labute approximate surface area is 159 Å². The van der Waals surface area contributed by atoms with E-state index < -0.39 is 35.3 Å². The Kier molecular flexibility index (Phi) is 6.87. The molecule has 0 unspecified atom stereocenters. The second-order valence-electron chi connectivity index (χ2n) is 8.09. The van der Waals surface area contributed by atoms with Crippen molar-refractivity contribution in [3.63, 3.8) is 0 Å². The van der Waals surface area contributed by atoms with Crippen molar-refractivity contribution in [2.45, 2.75) is 65.0 Å². The number of hydrogen-bond donors (Lipinski definition) is 3. The van der Waals surface area contributed by atoms with Gasteiger partial charge >= 0.3 is 5.97 Å². The molecule has 1 heterocycles. The Morgan fingerprint density at radius 1 is 1.11 bits per heavy atom. The van der Waals surface area contributed by atoms with E-state index in [1.807, 2.05) is 0 Å². The summed E-state index contributed by atoms with van der Waals surface area (Å²) in [5.74, 6) is -2.09. The highest BCUT2D eigenvalue weighted by atomic mass is 16.4. The molecule has 0 aliphatic heterocycles. The number of nitrogens with zero attached hydrogens (tertiary/aromatic N) is 2. The molecule has 1 saturated carbocycles. The van der Waals surface area contributed by atoms with Gasteiger partial charge in [-0.25, -0.2) is 9.78 Å². The van der Waals surface area contributed by atoms with Crippen LogP contribution in [0.5, 0.6) is 0 Å². The van der Waals surface area contributed by atoms with Gasteiger partial charge in [0.05, 0.1) is 6.20 Å². The summed E-state index contributed by atoms with van der Waals surface area (Å²) in [6, 6.07) is -1.85. The molecule has 8 nitrogen and oxygen atoms in total. The number of aliphatic carboxylic acids is 1. The van der Waals surface area contributed by atoms with Gasteiger partial charge in [0, 0.05) is 12.4 Å². The molecule has 2 rings (SSSR count). The van der Waals surface area contributed by atoms with Crippen LogP contribution in [0.3, 0.4) is 0 Å². The number of aromatic nitrogens is 2. The molecule has 0 aromatic carbocycles. The van der Waals surface area contributed by atoms with Crippen LogP contribution in [0, 0.1) is 11.3 Å². The SMILES string of the molecule is CC(C)(C)[C@H](NC(=O)[C@H](NC(=O)c1cnccn1)C1CCCCC1)C(=O)O. The summed E-state index contributed by atoms with van der Waals surface area (Å²) in [7, 11) is 0. The van der Waals surface area contributed by atoms with E-state index in [0.717, 1.165) is 32.1 Å². The summed E-state index contributed by atoms with van der Waals surface area (Å²) in [6.07, 6.45) is 8.89. The lowest BCUT2D eigenvalue weighted by molar-refractivity contribution is -0.145. The van der Waals surface area contributed by atoms with Crippen LogP contribution in [0.1, 0.15) is 63.4 Å². The van der Waals surface area contributed by atoms with Crippen LogP contribution in [0.2, 0.25) is 0 Å². The fourth-order valence-electron chi connectivity index (χ4n) is 3.38. The molecular formula is C19H28N4O4. The second kappa shape index (κ2) is 8.92. The third-order valence-corrected chi connectivity index (χ3v) is 4.89. The third kappa shape index (κ3) is 5.74. The van der Waals surface area contributed by atoms with Gasteiger partial charge in [0.1, 0.15) is 17.8 Å². The van der Waals surface area contributed by atoms with Crippen LogP contribution < -0.4 is 10.6 Å². The number of carbonyl (C=O) groups excluding carboxylic acids is 2. The minimum atomic E-state index is -1.10. The normalized spacial score (nSPS) is 17.6. The van der Waals surface area contributed by atoms with Crippen molar-refractivity contribution < 1.29 is 19.5 Å². The lowest BCUT2D eigenvalue weighted by Gasteiger charge is -2.33. The van der Waals surface area contributed by atoms with Crippen molar-refractivity contribution in [3.05, 3.63) is 24.3 Å². The number of amides is 2. The van der Waals surface area contributed by atoms with Crippen LogP contribution >= 0.6 is 0 Å². The summed E-state index contributed by atoms with van der Waals surface area (Å²) in [5, 5.41) is 14.9. The highest BCUT2D eigenvalue weighted by Crippen LogP contribution is 2.27. The van der Waals surface area contributed by atoms with E-state index >= 15 is 0 Å². The Morgan fingerprint density at radius 2 is 1.78 bits per heavy atom. The molecule has 0 radical (unpaired) electrons. The summed E-state index contributed by atoms with van der Waals surface area (Å²) < 4.78 is 0. The van der Waals surface area contributed by atoms with Crippen LogP contribution in [-0.4, -0.2) is 44.9 Å². The van der Waals surface area contributed by atoms with Gasteiger partial charge in [0.2, 0.25) is 5.91 Å². The van der Waals surface area contributed by atoms with E-state index in [-0.39, 0.29) is 11.6 Å². The average Bonchev–Trinajstić information content (AvgIpc) is 2.64. The number of carboxylic acid groups (broad SMARTS) is 1. The van der Waals surface area contributed by atoms with Gasteiger partial charge in [-0.15, -0.1) is 0 Å². The summed E-state index contributed by atoms with van der Waals surface area (Å²) in [6.45, 7) is 5.25. The summed E-state index contributed by atoms with van der Waals surface area (Å²) in [4.78, 5) is 44.9. The van der Waals surface area contributed by atoms with Gasteiger partial charge in [0.25, 0.3) is 5.91 Å². The zero-order chi connectivity index (χ0) is 20.0. The lowest BCUT2D eigenvalue weighted by atomic mass is 9.82. The zero-order valence-electron chi connectivity index (χ0n) is 16.1. The number of carboxylic acids is 1. The molecule has 1 aliphatic rings. The molecule has 27 heavy (non-hydrogen) atoms. The average molecular weight is 376 g/mol. The minimum Gasteiger partial charge on any atom is -0.480 e. The number of rotatable bonds is 6. The van der Waals surface area contributed by atoms with Crippen molar-refractivity contribution in [2.24, 2.45) is 11.3 Å². The predicted molar refractivity (Wildman–Crippen MR) is 98.9 cm³/mol. The van der Waals surface area contributed by atoms with Gasteiger partial charge in [-0.2, -0.15) is 0 Å². The quantitative estimate of drug-likeness (QED) is 0.696. The monoisotopic (exact) mass is 376 g/mol. The Bertz CT molecular complexity index is 666. The number of carbonyl (C=O) groups is 3. The highest BCUT2D eigenvalue weighted by Gasteiger charge is 2.37. The Balaban J connectivity index is 2.19. The zero-order valence-corrected chi connectivity index (χ0v) is 16.1. The van der Waals surface area contributed by atoms with Gasteiger partial charge in [-0.1, -0.05) is 40.0 Å². The Hall–Kier alpha value is -2.51. The van der Waals surface area contributed by atoms with Crippen LogP contribution in [-0.2, 0) is 9.59 Å². The highest BCUT2D eigenvalue weighted by molar-refractivity contribution is 5.96. The molecule has 1 aromatic heterocycles. The smallest absolute Gasteiger partial charge is 0.326 e. The van der Waals surface area contributed by atoms with E-state index in [4.69, 9.17) is 0 Å².